The second-order valence-electron chi connectivity index (χ2n) is 6.48. The van der Waals surface area contributed by atoms with Gasteiger partial charge in [0.15, 0.2) is 0 Å². The van der Waals surface area contributed by atoms with Crippen molar-refractivity contribution < 1.29 is 19.1 Å². The molecular formula is C24H23NO4. The largest absolute Gasteiger partial charge is 0.492 e. The lowest BCUT2D eigenvalue weighted by molar-refractivity contribution is -0.116. The molecule has 0 aliphatic rings. The molecule has 0 aliphatic heterocycles. The van der Waals surface area contributed by atoms with Crippen LogP contribution in [0.5, 0.6) is 5.75 Å². The van der Waals surface area contributed by atoms with Gasteiger partial charge < -0.3 is 14.8 Å². The molecule has 0 heterocycles. The maximum Gasteiger partial charge on any atom is 0.338 e. The fraction of sp³-hybridized carbons (Fsp3) is 0.167. The van der Waals surface area contributed by atoms with Crippen LogP contribution in [-0.4, -0.2) is 25.6 Å². The number of anilines is 1. The summed E-state index contributed by atoms with van der Waals surface area (Å²) < 4.78 is 10.6. The highest BCUT2D eigenvalue weighted by Gasteiger charge is 2.13. The highest BCUT2D eigenvalue weighted by Crippen LogP contribution is 2.29. The number of amides is 1. The number of para-hydroxylation sites is 1. The molecule has 1 N–H and O–H groups in total. The van der Waals surface area contributed by atoms with E-state index in [1.54, 1.807) is 25.1 Å². The predicted octanol–water partition coefficient (Wildman–Crippen LogP) is 4.86. The first-order valence-corrected chi connectivity index (χ1v) is 9.35. The number of carbonyl (C=O) groups excluding carboxylic acids is 2. The summed E-state index contributed by atoms with van der Waals surface area (Å²) in [6.07, 6.45) is 0.186. The molecule has 0 fully saturated rings. The zero-order valence-electron chi connectivity index (χ0n) is 16.5. The van der Waals surface area contributed by atoms with E-state index < -0.39 is 5.97 Å². The molecule has 148 valence electrons. The Hall–Kier alpha value is -3.60. The van der Waals surface area contributed by atoms with Crippen LogP contribution in [0.1, 0.15) is 22.3 Å². The Kier molecular flexibility index (Phi) is 6.63. The van der Waals surface area contributed by atoms with Crippen LogP contribution in [0.25, 0.3) is 11.1 Å². The van der Waals surface area contributed by atoms with Crippen molar-refractivity contribution in [1.82, 2.24) is 0 Å². The van der Waals surface area contributed by atoms with Crippen molar-refractivity contribution in [3.8, 4) is 16.9 Å². The molecule has 0 aromatic heterocycles. The summed E-state index contributed by atoms with van der Waals surface area (Å²) in [5, 5.41) is 2.84. The Morgan fingerprint density at radius 3 is 2.38 bits per heavy atom. The number of ether oxygens (including phenoxy) is 2. The summed E-state index contributed by atoms with van der Waals surface area (Å²) >= 11 is 0. The van der Waals surface area contributed by atoms with E-state index in [2.05, 4.69) is 5.32 Å². The van der Waals surface area contributed by atoms with Crippen molar-refractivity contribution in [1.29, 1.82) is 0 Å². The van der Waals surface area contributed by atoms with Gasteiger partial charge in [0.2, 0.25) is 5.91 Å². The Bertz CT molecular complexity index is 999. The van der Waals surface area contributed by atoms with Gasteiger partial charge in [-0.1, -0.05) is 54.6 Å². The summed E-state index contributed by atoms with van der Waals surface area (Å²) in [6, 6.07) is 22.8. The van der Waals surface area contributed by atoms with E-state index in [1.165, 1.54) is 7.11 Å². The second-order valence-corrected chi connectivity index (χ2v) is 6.48. The molecule has 0 saturated heterocycles. The maximum absolute atomic E-state index is 12.4. The number of esters is 1. The number of hydrogen-bond acceptors (Lipinski definition) is 4. The standard InChI is InChI=1S/C24H23NO4/c1-17-19(24(27)28-2)12-8-13-21(17)25-23(26)15-16-29-22-14-7-6-11-20(22)18-9-4-3-5-10-18/h3-14H,15-16H2,1-2H3,(H,25,26). The summed E-state index contributed by atoms with van der Waals surface area (Å²) in [5.41, 5.74) is 3.72. The minimum absolute atomic E-state index is 0.186. The first-order chi connectivity index (χ1) is 14.1. The summed E-state index contributed by atoms with van der Waals surface area (Å²) in [5.74, 6) is 0.113. The van der Waals surface area contributed by atoms with Gasteiger partial charge in [-0.15, -0.1) is 0 Å². The topological polar surface area (TPSA) is 64.6 Å². The highest BCUT2D eigenvalue weighted by molar-refractivity contribution is 5.96. The van der Waals surface area contributed by atoms with Gasteiger partial charge in [-0.25, -0.2) is 4.79 Å². The third kappa shape index (κ3) is 5.02. The van der Waals surface area contributed by atoms with Crippen molar-refractivity contribution in [3.63, 3.8) is 0 Å². The third-order valence-electron chi connectivity index (χ3n) is 4.57. The summed E-state index contributed by atoms with van der Waals surface area (Å²) in [7, 11) is 1.33. The minimum atomic E-state index is -0.431. The van der Waals surface area contributed by atoms with Gasteiger partial charge in [-0.05, 0) is 36.2 Å². The smallest absolute Gasteiger partial charge is 0.338 e. The molecule has 5 heteroatoms. The molecule has 3 rings (SSSR count). The SMILES string of the molecule is COC(=O)c1cccc(NC(=O)CCOc2ccccc2-c2ccccc2)c1C. The molecule has 0 atom stereocenters. The van der Waals surface area contributed by atoms with Crippen LogP contribution in [0.4, 0.5) is 5.69 Å². The fourth-order valence-corrected chi connectivity index (χ4v) is 3.02. The third-order valence-corrected chi connectivity index (χ3v) is 4.57. The number of carbonyl (C=O) groups is 2. The average molecular weight is 389 g/mol. The monoisotopic (exact) mass is 389 g/mol. The van der Waals surface area contributed by atoms with Gasteiger partial charge in [-0.3, -0.25) is 4.79 Å². The molecule has 0 saturated carbocycles. The zero-order valence-corrected chi connectivity index (χ0v) is 16.5. The molecular weight excluding hydrogens is 366 g/mol. The van der Waals surface area contributed by atoms with Gasteiger partial charge in [0.25, 0.3) is 0 Å². The van der Waals surface area contributed by atoms with Crippen LogP contribution in [0.3, 0.4) is 0 Å². The quantitative estimate of drug-likeness (QED) is 0.586. The van der Waals surface area contributed by atoms with Crippen molar-refractivity contribution in [2.24, 2.45) is 0 Å². The van der Waals surface area contributed by atoms with Crippen molar-refractivity contribution in [2.75, 3.05) is 19.0 Å². The number of rotatable bonds is 7. The lowest BCUT2D eigenvalue weighted by atomic mass is 10.1. The molecule has 0 aliphatic carbocycles. The number of nitrogens with one attached hydrogen (secondary N) is 1. The van der Waals surface area contributed by atoms with E-state index >= 15 is 0 Å². The van der Waals surface area contributed by atoms with Crippen LogP contribution in [0.2, 0.25) is 0 Å². The molecule has 5 nitrogen and oxygen atoms in total. The zero-order chi connectivity index (χ0) is 20.6. The van der Waals surface area contributed by atoms with Crippen molar-refractivity contribution >= 4 is 17.6 Å². The number of hydrogen-bond donors (Lipinski definition) is 1. The van der Waals surface area contributed by atoms with E-state index in [4.69, 9.17) is 9.47 Å². The molecule has 0 bridgehead atoms. The van der Waals surface area contributed by atoms with E-state index in [1.807, 2.05) is 54.6 Å². The average Bonchev–Trinajstić information content (AvgIpc) is 2.75. The van der Waals surface area contributed by atoms with Gasteiger partial charge >= 0.3 is 5.97 Å². The van der Waals surface area contributed by atoms with Crippen LogP contribution in [0, 0.1) is 6.92 Å². The van der Waals surface area contributed by atoms with E-state index in [9.17, 15) is 9.59 Å². The summed E-state index contributed by atoms with van der Waals surface area (Å²) in [4.78, 5) is 24.1. The van der Waals surface area contributed by atoms with Crippen LogP contribution in [0.15, 0.2) is 72.8 Å². The van der Waals surface area contributed by atoms with E-state index in [-0.39, 0.29) is 18.9 Å². The molecule has 0 spiro atoms. The molecule has 3 aromatic rings. The molecule has 1 amide bonds. The molecule has 29 heavy (non-hydrogen) atoms. The van der Waals surface area contributed by atoms with Gasteiger partial charge in [0.05, 0.1) is 25.7 Å². The van der Waals surface area contributed by atoms with Crippen molar-refractivity contribution in [3.05, 3.63) is 83.9 Å². The van der Waals surface area contributed by atoms with Gasteiger partial charge in [0, 0.05) is 11.3 Å². The Morgan fingerprint density at radius 2 is 1.62 bits per heavy atom. The lowest BCUT2D eigenvalue weighted by Crippen LogP contribution is -2.17. The fourth-order valence-electron chi connectivity index (χ4n) is 3.02. The number of benzene rings is 3. The highest BCUT2D eigenvalue weighted by atomic mass is 16.5. The van der Waals surface area contributed by atoms with E-state index in [0.717, 1.165) is 16.9 Å². The normalized spacial score (nSPS) is 10.3. The Labute approximate surface area is 170 Å². The first kappa shape index (κ1) is 20.1. The predicted molar refractivity (Wildman–Crippen MR) is 113 cm³/mol. The summed E-state index contributed by atoms with van der Waals surface area (Å²) in [6.45, 7) is 2.01. The maximum atomic E-state index is 12.4. The number of methoxy groups -OCH3 is 1. The first-order valence-electron chi connectivity index (χ1n) is 9.35. The lowest BCUT2D eigenvalue weighted by Gasteiger charge is -2.13. The van der Waals surface area contributed by atoms with Crippen molar-refractivity contribution in [2.45, 2.75) is 13.3 Å². The van der Waals surface area contributed by atoms with Gasteiger partial charge in [0.1, 0.15) is 5.75 Å². The molecule has 0 radical (unpaired) electrons. The van der Waals surface area contributed by atoms with Crippen LogP contribution < -0.4 is 10.1 Å². The minimum Gasteiger partial charge on any atom is -0.492 e. The molecule has 0 unspecified atom stereocenters. The molecule has 3 aromatic carbocycles. The van der Waals surface area contributed by atoms with Gasteiger partial charge in [-0.2, -0.15) is 0 Å². The Balaban J connectivity index is 1.61. The van der Waals surface area contributed by atoms with Crippen LogP contribution in [-0.2, 0) is 9.53 Å². The second kappa shape index (κ2) is 9.55. The van der Waals surface area contributed by atoms with E-state index in [0.29, 0.717) is 16.8 Å². The Morgan fingerprint density at radius 1 is 0.897 bits per heavy atom. The van der Waals surface area contributed by atoms with Crippen LogP contribution >= 0.6 is 0 Å².